The molecule has 2 aromatic carbocycles. The average molecular weight is 354 g/mol. The first-order chi connectivity index (χ1) is 10.0. The molecule has 0 heterocycles. The quantitative estimate of drug-likeness (QED) is 0.605. The van der Waals surface area contributed by atoms with Crippen molar-refractivity contribution in [1.29, 1.82) is 0 Å². The van der Waals surface area contributed by atoms with Gasteiger partial charge < -0.3 is 10.6 Å². The highest BCUT2D eigenvalue weighted by atomic mass is 79.9. The van der Waals surface area contributed by atoms with E-state index in [0.717, 1.165) is 0 Å². The standard InChI is InChI=1S/C14H13BrFN3O2/c1-2-17-12-4-3-5-13(14(12)19(20)21)18-9-6-7-10(15)11(16)8-9/h3-8,17-18H,2H2,1H3. The van der Waals surface area contributed by atoms with Crippen LogP contribution < -0.4 is 10.6 Å². The van der Waals surface area contributed by atoms with Crippen LogP contribution in [0.1, 0.15) is 6.92 Å². The lowest BCUT2D eigenvalue weighted by molar-refractivity contribution is -0.383. The summed E-state index contributed by atoms with van der Waals surface area (Å²) in [6.45, 7) is 2.42. The minimum Gasteiger partial charge on any atom is -0.380 e. The Balaban J connectivity index is 2.41. The molecular formula is C14H13BrFN3O2. The second-order valence-corrected chi connectivity index (χ2v) is 5.10. The molecule has 0 unspecified atom stereocenters. The number of halogens is 2. The Labute approximate surface area is 129 Å². The topological polar surface area (TPSA) is 67.2 Å². The number of para-hydroxylation sites is 1. The Kier molecular flexibility index (Phi) is 4.74. The van der Waals surface area contributed by atoms with Crippen LogP contribution in [-0.4, -0.2) is 11.5 Å². The molecule has 110 valence electrons. The summed E-state index contributed by atoms with van der Waals surface area (Å²) in [5.74, 6) is -0.439. The van der Waals surface area contributed by atoms with Crippen LogP contribution in [0.5, 0.6) is 0 Å². The lowest BCUT2D eigenvalue weighted by Crippen LogP contribution is -2.04. The molecule has 2 N–H and O–H groups in total. The number of rotatable bonds is 5. The summed E-state index contributed by atoms with van der Waals surface area (Å²) >= 11 is 3.06. The van der Waals surface area contributed by atoms with E-state index in [1.807, 2.05) is 6.92 Å². The fourth-order valence-corrected chi connectivity index (χ4v) is 2.15. The maximum Gasteiger partial charge on any atom is 0.315 e. The summed E-state index contributed by atoms with van der Waals surface area (Å²) in [4.78, 5) is 10.8. The van der Waals surface area contributed by atoms with Gasteiger partial charge in [-0.25, -0.2) is 4.39 Å². The fraction of sp³-hybridized carbons (Fsp3) is 0.143. The van der Waals surface area contributed by atoms with Crippen LogP contribution in [0.15, 0.2) is 40.9 Å². The van der Waals surface area contributed by atoms with Crippen LogP contribution in [-0.2, 0) is 0 Å². The lowest BCUT2D eigenvalue weighted by Gasteiger charge is -2.11. The van der Waals surface area contributed by atoms with Crippen molar-refractivity contribution < 1.29 is 9.31 Å². The molecule has 0 spiro atoms. The van der Waals surface area contributed by atoms with Gasteiger partial charge in [0.1, 0.15) is 17.2 Å². The van der Waals surface area contributed by atoms with Gasteiger partial charge in [0.15, 0.2) is 0 Å². The van der Waals surface area contributed by atoms with Crippen molar-refractivity contribution >= 4 is 38.7 Å². The Morgan fingerprint density at radius 1 is 1.29 bits per heavy atom. The number of nitro groups is 1. The van der Waals surface area contributed by atoms with E-state index in [0.29, 0.717) is 28.1 Å². The Hall–Kier alpha value is -2.15. The molecule has 0 amide bonds. The van der Waals surface area contributed by atoms with Gasteiger partial charge in [-0.05, 0) is 53.2 Å². The first-order valence-electron chi connectivity index (χ1n) is 6.26. The van der Waals surface area contributed by atoms with Crippen molar-refractivity contribution in [2.75, 3.05) is 17.2 Å². The van der Waals surface area contributed by atoms with E-state index in [1.54, 1.807) is 24.3 Å². The second kappa shape index (κ2) is 6.53. The van der Waals surface area contributed by atoms with Gasteiger partial charge in [0.05, 0.1) is 9.40 Å². The smallest absolute Gasteiger partial charge is 0.315 e. The summed E-state index contributed by atoms with van der Waals surface area (Å²) in [6.07, 6.45) is 0. The summed E-state index contributed by atoms with van der Waals surface area (Å²) in [7, 11) is 0. The molecule has 0 atom stereocenters. The maximum absolute atomic E-state index is 13.5. The molecule has 0 saturated heterocycles. The highest BCUT2D eigenvalue weighted by molar-refractivity contribution is 9.10. The monoisotopic (exact) mass is 353 g/mol. The zero-order chi connectivity index (χ0) is 15.4. The molecule has 2 rings (SSSR count). The Morgan fingerprint density at radius 2 is 2.00 bits per heavy atom. The van der Waals surface area contributed by atoms with Gasteiger partial charge in [-0.3, -0.25) is 10.1 Å². The number of anilines is 3. The van der Waals surface area contributed by atoms with Crippen LogP contribution in [0.25, 0.3) is 0 Å². The Bertz CT molecular complexity index is 679. The maximum atomic E-state index is 13.5. The van der Waals surface area contributed by atoms with Gasteiger partial charge >= 0.3 is 5.69 Å². The SMILES string of the molecule is CCNc1cccc(Nc2ccc(Br)c(F)c2)c1[N+](=O)[O-]. The third kappa shape index (κ3) is 3.49. The largest absolute Gasteiger partial charge is 0.380 e. The number of hydrogen-bond acceptors (Lipinski definition) is 4. The average Bonchev–Trinajstić information content (AvgIpc) is 2.43. The zero-order valence-electron chi connectivity index (χ0n) is 11.2. The van der Waals surface area contributed by atoms with E-state index < -0.39 is 10.7 Å². The van der Waals surface area contributed by atoms with E-state index in [2.05, 4.69) is 26.6 Å². The number of nitro benzene ring substituents is 1. The predicted octanol–water partition coefficient (Wildman–Crippen LogP) is 4.67. The lowest BCUT2D eigenvalue weighted by atomic mass is 10.2. The fourth-order valence-electron chi connectivity index (χ4n) is 1.90. The number of nitrogens with one attached hydrogen (secondary N) is 2. The second-order valence-electron chi connectivity index (χ2n) is 4.24. The van der Waals surface area contributed by atoms with Gasteiger partial charge in [0.2, 0.25) is 0 Å². The summed E-state index contributed by atoms with van der Waals surface area (Å²) in [6, 6.07) is 9.36. The van der Waals surface area contributed by atoms with E-state index >= 15 is 0 Å². The van der Waals surface area contributed by atoms with E-state index in [4.69, 9.17) is 0 Å². The van der Waals surface area contributed by atoms with Crippen molar-refractivity contribution in [3.8, 4) is 0 Å². The van der Waals surface area contributed by atoms with E-state index in [-0.39, 0.29) is 5.69 Å². The van der Waals surface area contributed by atoms with Crippen LogP contribution in [0, 0.1) is 15.9 Å². The van der Waals surface area contributed by atoms with Crippen molar-refractivity contribution in [3.05, 3.63) is 56.8 Å². The Morgan fingerprint density at radius 3 is 2.62 bits per heavy atom. The highest BCUT2D eigenvalue weighted by Crippen LogP contribution is 2.35. The van der Waals surface area contributed by atoms with Crippen molar-refractivity contribution in [2.24, 2.45) is 0 Å². The number of nitrogens with zero attached hydrogens (tertiary/aromatic N) is 1. The zero-order valence-corrected chi connectivity index (χ0v) is 12.8. The predicted molar refractivity (Wildman–Crippen MR) is 84.6 cm³/mol. The van der Waals surface area contributed by atoms with Crippen LogP contribution >= 0.6 is 15.9 Å². The summed E-state index contributed by atoms with van der Waals surface area (Å²) in [5.41, 5.74) is 1.10. The van der Waals surface area contributed by atoms with Crippen LogP contribution in [0.4, 0.5) is 27.1 Å². The molecule has 7 heteroatoms. The molecule has 0 radical (unpaired) electrons. The number of hydrogen-bond donors (Lipinski definition) is 2. The third-order valence-corrected chi connectivity index (χ3v) is 3.43. The molecule has 0 fully saturated rings. The van der Waals surface area contributed by atoms with E-state index in [1.165, 1.54) is 12.1 Å². The minimum atomic E-state index is -0.463. The van der Waals surface area contributed by atoms with Gasteiger partial charge in [-0.15, -0.1) is 0 Å². The van der Waals surface area contributed by atoms with Crippen molar-refractivity contribution in [3.63, 3.8) is 0 Å². The molecule has 0 aromatic heterocycles. The number of benzene rings is 2. The molecule has 0 bridgehead atoms. The van der Waals surface area contributed by atoms with Gasteiger partial charge in [0, 0.05) is 12.2 Å². The normalized spacial score (nSPS) is 10.2. The van der Waals surface area contributed by atoms with Crippen LogP contribution in [0.3, 0.4) is 0 Å². The first kappa shape index (κ1) is 15.2. The van der Waals surface area contributed by atoms with E-state index in [9.17, 15) is 14.5 Å². The third-order valence-electron chi connectivity index (χ3n) is 2.78. The van der Waals surface area contributed by atoms with Crippen molar-refractivity contribution in [2.45, 2.75) is 6.92 Å². The molecule has 0 aliphatic heterocycles. The molecule has 5 nitrogen and oxygen atoms in total. The van der Waals surface area contributed by atoms with Gasteiger partial charge in [-0.2, -0.15) is 0 Å². The molecule has 0 saturated carbocycles. The minimum absolute atomic E-state index is 0.0670. The molecule has 2 aromatic rings. The summed E-state index contributed by atoms with van der Waals surface area (Å²) in [5, 5.41) is 17.1. The highest BCUT2D eigenvalue weighted by Gasteiger charge is 2.19. The van der Waals surface area contributed by atoms with Gasteiger partial charge in [0.25, 0.3) is 0 Å². The summed E-state index contributed by atoms with van der Waals surface area (Å²) < 4.78 is 13.8. The molecule has 0 aliphatic rings. The van der Waals surface area contributed by atoms with Crippen molar-refractivity contribution in [1.82, 2.24) is 0 Å². The molecular weight excluding hydrogens is 341 g/mol. The van der Waals surface area contributed by atoms with Gasteiger partial charge in [-0.1, -0.05) is 6.07 Å². The molecule has 0 aliphatic carbocycles. The first-order valence-corrected chi connectivity index (χ1v) is 7.05. The molecule has 21 heavy (non-hydrogen) atoms. The van der Waals surface area contributed by atoms with Crippen LogP contribution in [0.2, 0.25) is 0 Å².